The van der Waals surface area contributed by atoms with Crippen LogP contribution >= 0.6 is 0 Å². The van der Waals surface area contributed by atoms with Crippen LogP contribution in [0.15, 0.2) is 91.5 Å². The Balaban J connectivity index is 0.831. The van der Waals surface area contributed by atoms with Gasteiger partial charge in [-0.3, -0.25) is 29.4 Å². The third kappa shape index (κ3) is 6.23. The molecule has 3 aromatic carbocycles. The molecule has 2 aromatic heterocycles. The van der Waals surface area contributed by atoms with E-state index in [1.165, 1.54) is 4.68 Å². The van der Waals surface area contributed by atoms with Crippen LogP contribution in [0.1, 0.15) is 71.4 Å². The van der Waals surface area contributed by atoms with E-state index in [1.807, 2.05) is 24.3 Å². The normalized spacial score (nSPS) is 19.9. The van der Waals surface area contributed by atoms with Gasteiger partial charge in [0.1, 0.15) is 23.6 Å². The number of rotatable bonds is 10. The molecule has 0 bridgehead atoms. The first-order chi connectivity index (χ1) is 25.1. The molecule has 14 heteroatoms. The van der Waals surface area contributed by atoms with E-state index in [0.29, 0.717) is 23.1 Å². The Morgan fingerprint density at radius 2 is 1.50 bits per heavy atom. The Bertz CT molecular complexity index is 2160. The topological polar surface area (TPSA) is 171 Å². The fourth-order valence-corrected chi connectivity index (χ4v) is 6.76. The molecule has 0 spiro atoms. The van der Waals surface area contributed by atoms with Crippen LogP contribution in [0.25, 0.3) is 5.95 Å². The van der Waals surface area contributed by atoms with E-state index < -0.39 is 29.7 Å². The molecule has 1 atom stereocenters. The van der Waals surface area contributed by atoms with Crippen molar-refractivity contribution in [1.29, 1.82) is 0 Å². The van der Waals surface area contributed by atoms with E-state index in [9.17, 15) is 19.2 Å². The molecule has 1 unspecified atom stereocenters. The summed E-state index contributed by atoms with van der Waals surface area (Å²) in [6.45, 7) is 4.35. The van der Waals surface area contributed by atoms with Crippen molar-refractivity contribution in [1.82, 2.24) is 35.2 Å². The van der Waals surface area contributed by atoms with Gasteiger partial charge in [-0.1, -0.05) is 43.3 Å². The minimum Gasteiger partial charge on any atom is -0.490 e. The maximum Gasteiger partial charge on any atom is 0.262 e. The number of carbonyl (C=O) groups is 4. The molecule has 1 saturated heterocycles. The Hall–Kier alpha value is -6.44. The van der Waals surface area contributed by atoms with Crippen molar-refractivity contribution in [3.8, 4) is 23.2 Å². The van der Waals surface area contributed by atoms with Crippen molar-refractivity contribution in [2.75, 3.05) is 5.32 Å². The first-order valence-electron chi connectivity index (χ1n) is 17.0. The highest BCUT2D eigenvalue weighted by Gasteiger charge is 2.45. The molecule has 4 heterocycles. The number of benzene rings is 3. The van der Waals surface area contributed by atoms with Crippen LogP contribution in [0.5, 0.6) is 17.2 Å². The van der Waals surface area contributed by atoms with Gasteiger partial charge in [-0.05, 0) is 60.0 Å². The number of hydrogen-bond donors (Lipinski definition) is 2. The number of nitrogens with zero attached hydrogens (tertiary/aromatic N) is 6. The van der Waals surface area contributed by atoms with Crippen molar-refractivity contribution in [2.45, 2.75) is 63.1 Å². The summed E-state index contributed by atoms with van der Waals surface area (Å²) in [5.74, 6) is 0.307. The van der Waals surface area contributed by atoms with E-state index in [4.69, 9.17) is 9.47 Å². The van der Waals surface area contributed by atoms with Gasteiger partial charge < -0.3 is 14.8 Å². The number of amides is 4. The van der Waals surface area contributed by atoms with Gasteiger partial charge in [0.2, 0.25) is 11.8 Å². The van der Waals surface area contributed by atoms with Crippen LogP contribution in [-0.4, -0.2) is 71.7 Å². The largest absolute Gasteiger partial charge is 0.490 e. The van der Waals surface area contributed by atoms with Gasteiger partial charge in [0.05, 0.1) is 35.9 Å². The monoisotopic (exact) mass is 698 g/mol. The molecule has 52 heavy (non-hydrogen) atoms. The van der Waals surface area contributed by atoms with Gasteiger partial charge in [-0.25, -0.2) is 9.97 Å². The highest BCUT2D eigenvalue weighted by molar-refractivity contribution is 6.23. The van der Waals surface area contributed by atoms with Gasteiger partial charge in [0, 0.05) is 36.4 Å². The number of imide groups is 2. The lowest BCUT2D eigenvalue weighted by Gasteiger charge is -2.36. The number of nitrogens with one attached hydrogen (secondary N) is 2. The number of aromatic nitrogens is 5. The molecule has 2 N–H and O–H groups in total. The molecule has 1 saturated carbocycles. The molecule has 3 aliphatic rings. The summed E-state index contributed by atoms with van der Waals surface area (Å²) in [5.41, 5.74) is 3.21. The Kier molecular flexibility index (Phi) is 8.20. The van der Waals surface area contributed by atoms with Crippen LogP contribution in [0.3, 0.4) is 0 Å². The Labute approximate surface area is 298 Å². The van der Waals surface area contributed by atoms with Crippen molar-refractivity contribution in [3.05, 3.63) is 114 Å². The molecule has 8 rings (SSSR count). The van der Waals surface area contributed by atoms with E-state index in [-0.39, 0.29) is 41.5 Å². The molecule has 5 aromatic rings. The summed E-state index contributed by atoms with van der Waals surface area (Å²) in [6, 6.07) is 20.3. The van der Waals surface area contributed by atoms with Gasteiger partial charge in [-0.2, -0.15) is 4.68 Å². The number of hydrogen-bond acceptors (Lipinski definition) is 11. The predicted octanol–water partition coefficient (Wildman–Crippen LogP) is 4.60. The predicted molar refractivity (Wildman–Crippen MR) is 186 cm³/mol. The molecule has 2 aliphatic heterocycles. The first kappa shape index (κ1) is 32.7. The second-order valence-corrected chi connectivity index (χ2v) is 13.6. The van der Waals surface area contributed by atoms with Crippen LogP contribution in [0, 0.1) is 0 Å². The summed E-state index contributed by atoms with van der Waals surface area (Å²) >= 11 is 0. The molecule has 2 fully saturated rings. The summed E-state index contributed by atoms with van der Waals surface area (Å²) in [6.07, 6.45) is 8.18. The average Bonchev–Trinajstić information content (AvgIpc) is 3.75. The lowest BCUT2D eigenvalue weighted by Crippen LogP contribution is -2.54. The first-order valence-corrected chi connectivity index (χ1v) is 17.0. The van der Waals surface area contributed by atoms with E-state index in [0.717, 1.165) is 34.6 Å². The summed E-state index contributed by atoms with van der Waals surface area (Å²) in [7, 11) is 0. The van der Waals surface area contributed by atoms with Crippen molar-refractivity contribution < 1.29 is 28.7 Å². The zero-order valence-electron chi connectivity index (χ0n) is 28.4. The van der Waals surface area contributed by atoms with E-state index >= 15 is 0 Å². The Morgan fingerprint density at radius 3 is 2.15 bits per heavy atom. The lowest BCUT2D eigenvalue weighted by molar-refractivity contribution is -0.136. The van der Waals surface area contributed by atoms with E-state index in [1.54, 1.807) is 43.0 Å². The van der Waals surface area contributed by atoms with Crippen LogP contribution in [-0.2, 0) is 15.0 Å². The maximum atomic E-state index is 13.2. The second-order valence-electron chi connectivity index (χ2n) is 13.6. The summed E-state index contributed by atoms with van der Waals surface area (Å²) in [5, 5.41) is 13.3. The number of ether oxygens (including phenoxy) is 2. The molecule has 4 amide bonds. The molecule has 1 aliphatic carbocycles. The summed E-state index contributed by atoms with van der Waals surface area (Å²) < 4.78 is 13.7. The zero-order chi connectivity index (χ0) is 36.0. The molecular weight excluding hydrogens is 664 g/mol. The third-order valence-electron chi connectivity index (χ3n) is 9.84. The maximum absolute atomic E-state index is 13.2. The molecule has 0 radical (unpaired) electrons. The van der Waals surface area contributed by atoms with E-state index in [2.05, 4.69) is 69.0 Å². The minimum atomic E-state index is -0.989. The van der Waals surface area contributed by atoms with Crippen LogP contribution in [0.4, 0.5) is 5.69 Å². The standard InChI is InChI=1S/C38H34N8O6/c1-38(2,23-5-10-27(11-6-23)52-29-20-39-37(40-21-29)45-16-15-41-44-45)22-3-8-26(9-4-22)51-28-17-25(18-28)42-24-7-12-30-31(19-24)36(50)46(35(30)49)32-13-14-33(47)43-34(32)48/h3-12,15-16,19-21,25,28,32,42H,13-14,17-18H2,1-2H3,(H,43,47,48)/t25-,28-,32?. The fraction of sp³-hybridized carbons (Fsp3) is 0.263. The molecule has 14 nitrogen and oxygen atoms in total. The van der Waals surface area contributed by atoms with Gasteiger partial charge in [-0.15, -0.1) is 5.10 Å². The lowest BCUT2D eigenvalue weighted by atomic mass is 9.78. The number of anilines is 1. The van der Waals surface area contributed by atoms with Gasteiger partial charge in [0.25, 0.3) is 17.8 Å². The number of piperidine rings is 1. The third-order valence-corrected chi connectivity index (χ3v) is 9.84. The number of carbonyl (C=O) groups excluding carboxylic acids is 4. The minimum absolute atomic E-state index is 0.0359. The van der Waals surface area contributed by atoms with Crippen molar-refractivity contribution in [3.63, 3.8) is 0 Å². The number of fused-ring (bicyclic) bond motifs is 1. The fourth-order valence-electron chi connectivity index (χ4n) is 6.76. The highest BCUT2D eigenvalue weighted by Crippen LogP contribution is 2.36. The smallest absolute Gasteiger partial charge is 0.262 e. The van der Waals surface area contributed by atoms with Crippen LogP contribution in [0.2, 0.25) is 0 Å². The molecular formula is C38H34N8O6. The summed E-state index contributed by atoms with van der Waals surface area (Å²) in [4.78, 5) is 59.6. The highest BCUT2D eigenvalue weighted by atomic mass is 16.5. The molecule has 262 valence electrons. The Morgan fingerprint density at radius 1 is 0.827 bits per heavy atom. The SMILES string of the molecule is CC(C)(c1ccc(Oc2cnc(-n3ccnn3)nc2)cc1)c1ccc(O[C@H]2C[C@H](Nc3ccc4c(c3)C(=O)N(C3CCC(=O)NC3=O)C4=O)C2)cc1. The van der Waals surface area contributed by atoms with Crippen molar-refractivity contribution >= 4 is 29.3 Å². The van der Waals surface area contributed by atoms with Gasteiger partial charge >= 0.3 is 0 Å². The second kappa shape index (κ2) is 13.0. The zero-order valence-corrected chi connectivity index (χ0v) is 28.4. The van der Waals surface area contributed by atoms with Gasteiger partial charge in [0.15, 0.2) is 5.75 Å². The van der Waals surface area contributed by atoms with Crippen LogP contribution < -0.4 is 20.1 Å². The van der Waals surface area contributed by atoms with Crippen molar-refractivity contribution in [2.24, 2.45) is 0 Å². The quantitative estimate of drug-likeness (QED) is 0.196. The average molecular weight is 699 g/mol.